The molecule has 1 unspecified atom stereocenters. The number of aromatic nitrogens is 2. The summed E-state index contributed by atoms with van der Waals surface area (Å²) in [6, 6.07) is 0.415. The van der Waals surface area contributed by atoms with Crippen LogP contribution in [0.5, 0.6) is 5.88 Å². The number of nitrogens with one attached hydrogen (secondary N) is 1. The molecule has 0 bridgehead atoms. The summed E-state index contributed by atoms with van der Waals surface area (Å²) in [5.41, 5.74) is 0.972. The number of hydrogen-bond donors (Lipinski definition) is 1. The van der Waals surface area contributed by atoms with Crippen molar-refractivity contribution in [3.8, 4) is 5.88 Å². The van der Waals surface area contributed by atoms with Crippen molar-refractivity contribution in [1.82, 2.24) is 15.3 Å². The molecule has 0 fully saturated rings. The van der Waals surface area contributed by atoms with Crippen molar-refractivity contribution in [3.63, 3.8) is 0 Å². The van der Waals surface area contributed by atoms with E-state index in [1.807, 2.05) is 13.8 Å². The van der Waals surface area contributed by atoms with Gasteiger partial charge in [-0.2, -0.15) is 0 Å². The molecule has 4 nitrogen and oxygen atoms in total. The molecule has 0 aliphatic heterocycles. The lowest BCUT2D eigenvalue weighted by Gasteiger charge is -2.13. The van der Waals surface area contributed by atoms with Gasteiger partial charge in [0.05, 0.1) is 18.0 Å². The van der Waals surface area contributed by atoms with Crippen LogP contribution in [0.25, 0.3) is 0 Å². The molecule has 1 atom stereocenters. The summed E-state index contributed by atoms with van der Waals surface area (Å²) in [5.74, 6) is 0.611. The van der Waals surface area contributed by atoms with Gasteiger partial charge in [0.2, 0.25) is 5.88 Å². The largest absolute Gasteiger partial charge is 0.474 e. The number of nitrogens with zero attached hydrogens (tertiary/aromatic N) is 2. The van der Waals surface area contributed by atoms with Crippen LogP contribution >= 0.6 is 0 Å². The minimum absolute atomic E-state index is 0.134. The molecule has 0 saturated carbocycles. The van der Waals surface area contributed by atoms with Gasteiger partial charge in [-0.15, -0.1) is 0 Å². The molecular formula is C13H23N3O. The Kier molecular flexibility index (Phi) is 5.91. The quantitative estimate of drug-likeness (QED) is 0.789. The van der Waals surface area contributed by atoms with E-state index in [9.17, 15) is 0 Å². The second-order valence-electron chi connectivity index (χ2n) is 4.57. The maximum atomic E-state index is 5.52. The molecule has 1 aromatic rings. The fourth-order valence-corrected chi connectivity index (χ4v) is 1.56. The Labute approximate surface area is 104 Å². The van der Waals surface area contributed by atoms with Gasteiger partial charge in [0, 0.05) is 18.7 Å². The zero-order valence-electron chi connectivity index (χ0n) is 11.2. The molecule has 96 valence electrons. The van der Waals surface area contributed by atoms with E-state index in [1.165, 1.54) is 0 Å². The average molecular weight is 237 g/mol. The van der Waals surface area contributed by atoms with Crippen molar-refractivity contribution < 1.29 is 4.74 Å². The summed E-state index contributed by atoms with van der Waals surface area (Å²) in [6.07, 6.45) is 5.62. The Bertz CT molecular complexity index is 328. The smallest absolute Gasteiger partial charge is 0.232 e. The van der Waals surface area contributed by atoms with E-state index in [4.69, 9.17) is 4.74 Å². The van der Waals surface area contributed by atoms with Crippen LogP contribution in [0.2, 0.25) is 0 Å². The average Bonchev–Trinajstić information content (AvgIpc) is 2.26. The van der Waals surface area contributed by atoms with Crippen molar-refractivity contribution >= 4 is 0 Å². The van der Waals surface area contributed by atoms with Gasteiger partial charge in [-0.05, 0) is 33.7 Å². The molecule has 1 N–H and O–H groups in total. The SMILES string of the molecule is CCCNC(C)Cc1cncc(OC(C)C)n1. The first-order valence-corrected chi connectivity index (χ1v) is 6.32. The zero-order valence-corrected chi connectivity index (χ0v) is 11.2. The van der Waals surface area contributed by atoms with E-state index in [0.29, 0.717) is 11.9 Å². The fraction of sp³-hybridized carbons (Fsp3) is 0.692. The second-order valence-corrected chi connectivity index (χ2v) is 4.57. The van der Waals surface area contributed by atoms with E-state index in [2.05, 4.69) is 29.1 Å². The molecular weight excluding hydrogens is 214 g/mol. The standard InChI is InChI=1S/C13H23N3O/c1-5-6-15-11(4)7-12-8-14-9-13(16-12)17-10(2)3/h8-11,15H,5-7H2,1-4H3. The molecule has 1 aromatic heterocycles. The van der Waals surface area contributed by atoms with Gasteiger partial charge in [-0.1, -0.05) is 6.92 Å². The third-order valence-electron chi connectivity index (χ3n) is 2.28. The Morgan fingerprint density at radius 2 is 2.06 bits per heavy atom. The molecule has 0 aliphatic carbocycles. The van der Waals surface area contributed by atoms with Crippen LogP contribution in [0, 0.1) is 0 Å². The normalized spacial score (nSPS) is 12.8. The van der Waals surface area contributed by atoms with E-state index in [1.54, 1.807) is 12.4 Å². The van der Waals surface area contributed by atoms with Gasteiger partial charge in [0.15, 0.2) is 0 Å². The number of rotatable bonds is 7. The van der Waals surface area contributed by atoms with Crippen molar-refractivity contribution in [1.29, 1.82) is 0 Å². The van der Waals surface area contributed by atoms with E-state index in [-0.39, 0.29) is 6.10 Å². The van der Waals surface area contributed by atoms with Gasteiger partial charge in [-0.25, -0.2) is 4.98 Å². The Morgan fingerprint density at radius 3 is 2.71 bits per heavy atom. The predicted molar refractivity (Wildman–Crippen MR) is 69.3 cm³/mol. The Hall–Kier alpha value is -1.16. The first kappa shape index (κ1) is 13.9. The van der Waals surface area contributed by atoms with E-state index >= 15 is 0 Å². The molecule has 0 spiro atoms. The van der Waals surface area contributed by atoms with Crippen molar-refractivity contribution in [2.45, 2.75) is 52.7 Å². The first-order chi connectivity index (χ1) is 8.11. The third kappa shape index (κ3) is 5.63. The lowest BCUT2D eigenvalue weighted by atomic mass is 10.2. The molecule has 17 heavy (non-hydrogen) atoms. The molecule has 0 radical (unpaired) electrons. The molecule has 1 heterocycles. The summed E-state index contributed by atoms with van der Waals surface area (Å²) < 4.78 is 5.52. The van der Waals surface area contributed by atoms with Crippen LogP contribution in [0.4, 0.5) is 0 Å². The molecule has 0 aliphatic rings. The molecule has 0 saturated heterocycles. The summed E-state index contributed by atoms with van der Waals surface area (Å²) in [7, 11) is 0. The van der Waals surface area contributed by atoms with Crippen LogP contribution in [-0.4, -0.2) is 28.7 Å². The molecule has 0 amide bonds. The highest BCUT2D eigenvalue weighted by Gasteiger charge is 2.06. The maximum Gasteiger partial charge on any atom is 0.232 e. The highest BCUT2D eigenvalue weighted by atomic mass is 16.5. The predicted octanol–water partition coefficient (Wildman–Crippen LogP) is 2.19. The highest BCUT2D eigenvalue weighted by Crippen LogP contribution is 2.08. The van der Waals surface area contributed by atoms with Crippen LogP contribution in [0.15, 0.2) is 12.4 Å². The summed E-state index contributed by atoms with van der Waals surface area (Å²) in [4.78, 5) is 8.59. The van der Waals surface area contributed by atoms with Gasteiger partial charge in [0.25, 0.3) is 0 Å². The van der Waals surface area contributed by atoms with Crippen LogP contribution in [0.1, 0.15) is 39.8 Å². The summed E-state index contributed by atoms with van der Waals surface area (Å²) in [6.45, 7) is 9.33. The van der Waals surface area contributed by atoms with Crippen LogP contribution < -0.4 is 10.1 Å². The van der Waals surface area contributed by atoms with Crippen LogP contribution in [-0.2, 0) is 6.42 Å². The van der Waals surface area contributed by atoms with Gasteiger partial charge in [-0.3, -0.25) is 4.98 Å². The zero-order chi connectivity index (χ0) is 12.7. The number of ether oxygens (including phenoxy) is 1. The van der Waals surface area contributed by atoms with E-state index < -0.39 is 0 Å². The molecule has 4 heteroatoms. The van der Waals surface area contributed by atoms with Gasteiger partial charge < -0.3 is 10.1 Å². The third-order valence-corrected chi connectivity index (χ3v) is 2.28. The van der Waals surface area contributed by atoms with Crippen molar-refractivity contribution in [2.24, 2.45) is 0 Å². The minimum Gasteiger partial charge on any atom is -0.474 e. The first-order valence-electron chi connectivity index (χ1n) is 6.32. The Morgan fingerprint density at radius 1 is 1.29 bits per heavy atom. The molecule has 1 rings (SSSR count). The van der Waals surface area contributed by atoms with Crippen molar-refractivity contribution in [2.75, 3.05) is 6.54 Å². The van der Waals surface area contributed by atoms with Crippen molar-refractivity contribution in [3.05, 3.63) is 18.1 Å². The van der Waals surface area contributed by atoms with Gasteiger partial charge >= 0.3 is 0 Å². The molecule has 0 aromatic carbocycles. The Balaban J connectivity index is 2.53. The lowest BCUT2D eigenvalue weighted by Crippen LogP contribution is -2.29. The topological polar surface area (TPSA) is 47.0 Å². The minimum atomic E-state index is 0.134. The summed E-state index contributed by atoms with van der Waals surface area (Å²) in [5, 5.41) is 3.43. The summed E-state index contributed by atoms with van der Waals surface area (Å²) >= 11 is 0. The maximum absolute atomic E-state index is 5.52. The van der Waals surface area contributed by atoms with Gasteiger partial charge in [0.1, 0.15) is 0 Å². The monoisotopic (exact) mass is 237 g/mol. The lowest BCUT2D eigenvalue weighted by molar-refractivity contribution is 0.230. The second kappa shape index (κ2) is 7.22. The fourth-order valence-electron chi connectivity index (χ4n) is 1.56. The van der Waals surface area contributed by atoms with Crippen LogP contribution in [0.3, 0.4) is 0 Å². The highest BCUT2D eigenvalue weighted by molar-refractivity contribution is 5.09. The van der Waals surface area contributed by atoms with E-state index in [0.717, 1.165) is 25.1 Å². The number of hydrogen-bond acceptors (Lipinski definition) is 4.